The van der Waals surface area contributed by atoms with Crippen LogP contribution in [0.3, 0.4) is 0 Å². The van der Waals surface area contributed by atoms with Crippen molar-refractivity contribution in [2.24, 2.45) is 0 Å². The number of methoxy groups -OCH3 is 1. The summed E-state index contributed by atoms with van der Waals surface area (Å²) in [5.74, 6) is 0.0366. The number of aromatic carboxylic acids is 1. The minimum Gasteiger partial charge on any atom is -0.495 e. The lowest BCUT2D eigenvalue weighted by Gasteiger charge is -2.12. The molecule has 2 aromatic carbocycles. The summed E-state index contributed by atoms with van der Waals surface area (Å²) in [7, 11) is 1.57. The van der Waals surface area contributed by atoms with Gasteiger partial charge in [0.1, 0.15) is 11.6 Å². The molecular weight excluding hydrogens is 316 g/mol. The van der Waals surface area contributed by atoms with Gasteiger partial charge >= 0.3 is 5.97 Å². The molecule has 0 spiro atoms. The lowest BCUT2D eigenvalue weighted by atomic mass is 10.2. The highest BCUT2D eigenvalue weighted by atomic mass is 35.5. The lowest BCUT2D eigenvalue weighted by Crippen LogP contribution is -1.99. The molecule has 0 fully saturated rings. The van der Waals surface area contributed by atoms with Crippen LogP contribution in [0, 0.1) is 0 Å². The van der Waals surface area contributed by atoms with Gasteiger partial charge in [-0.1, -0.05) is 23.7 Å². The Morgan fingerprint density at radius 2 is 1.87 bits per heavy atom. The van der Waals surface area contributed by atoms with E-state index in [1.807, 2.05) is 18.2 Å². The molecule has 3 aromatic rings. The van der Waals surface area contributed by atoms with Gasteiger partial charge in [0.05, 0.1) is 12.8 Å². The molecule has 1 aromatic heterocycles. The van der Waals surface area contributed by atoms with Gasteiger partial charge in [0, 0.05) is 16.8 Å². The summed E-state index contributed by atoms with van der Waals surface area (Å²) in [6, 6.07) is 14.4. The molecule has 5 nitrogen and oxygen atoms in total. The first-order chi connectivity index (χ1) is 11.1. The molecule has 0 saturated carbocycles. The van der Waals surface area contributed by atoms with E-state index in [2.05, 4.69) is 4.98 Å². The van der Waals surface area contributed by atoms with Gasteiger partial charge in [-0.25, -0.2) is 9.78 Å². The first-order valence-electron chi connectivity index (χ1n) is 6.82. The molecule has 0 unspecified atom stereocenters. The Labute approximate surface area is 137 Å². The highest BCUT2D eigenvalue weighted by Crippen LogP contribution is 2.29. The summed E-state index contributed by atoms with van der Waals surface area (Å²) in [5.41, 5.74) is 1.42. The third kappa shape index (κ3) is 2.91. The quantitative estimate of drug-likeness (QED) is 0.789. The Hall–Kier alpha value is -2.79. The molecule has 23 heavy (non-hydrogen) atoms. The fourth-order valence-electron chi connectivity index (χ4n) is 2.30. The number of aromatic nitrogens is 2. The standard InChI is InChI=1S/C17H13ClN2O3/c1-23-15-5-3-2-4-14(15)20-10-13(17(21)22)19-16(20)11-6-8-12(18)9-7-11/h2-10H,1H3,(H,21,22). The van der Waals surface area contributed by atoms with Crippen LogP contribution < -0.4 is 4.74 Å². The van der Waals surface area contributed by atoms with Crippen LogP contribution in [-0.2, 0) is 0 Å². The van der Waals surface area contributed by atoms with Crippen molar-refractivity contribution < 1.29 is 14.6 Å². The average Bonchev–Trinajstić information content (AvgIpc) is 3.01. The molecule has 0 amide bonds. The lowest BCUT2D eigenvalue weighted by molar-refractivity contribution is 0.0691. The van der Waals surface area contributed by atoms with Crippen molar-refractivity contribution in [3.8, 4) is 22.8 Å². The highest BCUT2D eigenvalue weighted by molar-refractivity contribution is 6.30. The molecule has 116 valence electrons. The number of imidazole rings is 1. The second-order valence-corrected chi connectivity index (χ2v) is 5.24. The zero-order chi connectivity index (χ0) is 16.4. The predicted octanol–water partition coefficient (Wildman–Crippen LogP) is 3.90. The summed E-state index contributed by atoms with van der Waals surface area (Å²) in [6.07, 6.45) is 1.48. The maximum atomic E-state index is 11.3. The molecule has 1 N–H and O–H groups in total. The van der Waals surface area contributed by atoms with Gasteiger partial charge in [0.2, 0.25) is 0 Å². The van der Waals surface area contributed by atoms with E-state index < -0.39 is 5.97 Å². The molecular formula is C17H13ClN2O3. The Morgan fingerprint density at radius 1 is 1.17 bits per heavy atom. The highest BCUT2D eigenvalue weighted by Gasteiger charge is 2.17. The molecule has 0 aliphatic rings. The van der Waals surface area contributed by atoms with Crippen molar-refractivity contribution in [3.05, 3.63) is 65.4 Å². The number of ether oxygens (including phenoxy) is 1. The van der Waals surface area contributed by atoms with E-state index in [0.717, 1.165) is 5.56 Å². The number of carboxylic acids is 1. The Morgan fingerprint density at radius 3 is 2.52 bits per heavy atom. The van der Waals surface area contributed by atoms with Crippen LogP contribution in [0.2, 0.25) is 5.02 Å². The molecule has 0 radical (unpaired) electrons. The predicted molar refractivity (Wildman–Crippen MR) is 87.5 cm³/mol. The number of carboxylic acid groups (broad SMARTS) is 1. The number of halogens is 1. The van der Waals surface area contributed by atoms with Gasteiger partial charge in [-0.05, 0) is 36.4 Å². The van der Waals surface area contributed by atoms with Gasteiger partial charge in [-0.2, -0.15) is 0 Å². The minimum atomic E-state index is -1.09. The van der Waals surface area contributed by atoms with E-state index in [9.17, 15) is 9.90 Å². The summed E-state index contributed by atoms with van der Waals surface area (Å²) in [5, 5.41) is 9.86. The second-order valence-electron chi connectivity index (χ2n) is 4.80. The first kappa shape index (κ1) is 15.1. The number of carbonyl (C=O) groups is 1. The monoisotopic (exact) mass is 328 g/mol. The van der Waals surface area contributed by atoms with Crippen molar-refractivity contribution in [1.29, 1.82) is 0 Å². The molecule has 0 atom stereocenters. The van der Waals surface area contributed by atoms with Gasteiger partial charge in [-0.15, -0.1) is 0 Å². The third-order valence-corrected chi connectivity index (χ3v) is 3.62. The zero-order valence-electron chi connectivity index (χ0n) is 12.2. The number of hydrogen-bond donors (Lipinski definition) is 1. The number of benzene rings is 2. The molecule has 1 heterocycles. The van der Waals surface area contributed by atoms with Crippen molar-refractivity contribution >= 4 is 17.6 Å². The van der Waals surface area contributed by atoms with E-state index in [0.29, 0.717) is 22.3 Å². The van der Waals surface area contributed by atoms with Crippen molar-refractivity contribution in [1.82, 2.24) is 9.55 Å². The largest absolute Gasteiger partial charge is 0.495 e. The maximum absolute atomic E-state index is 11.3. The third-order valence-electron chi connectivity index (χ3n) is 3.37. The van der Waals surface area contributed by atoms with Crippen LogP contribution >= 0.6 is 11.6 Å². The molecule has 6 heteroatoms. The van der Waals surface area contributed by atoms with Crippen molar-refractivity contribution in [3.63, 3.8) is 0 Å². The van der Waals surface area contributed by atoms with Crippen LogP contribution in [0.5, 0.6) is 5.75 Å². The fourth-order valence-corrected chi connectivity index (χ4v) is 2.42. The van der Waals surface area contributed by atoms with Crippen LogP contribution in [0.4, 0.5) is 0 Å². The van der Waals surface area contributed by atoms with E-state index in [1.54, 1.807) is 42.0 Å². The SMILES string of the molecule is COc1ccccc1-n1cc(C(=O)O)nc1-c1ccc(Cl)cc1. The topological polar surface area (TPSA) is 64.3 Å². The van der Waals surface area contributed by atoms with Gasteiger partial charge in [-0.3, -0.25) is 4.57 Å². The maximum Gasteiger partial charge on any atom is 0.356 e. The van der Waals surface area contributed by atoms with E-state index >= 15 is 0 Å². The Balaban J connectivity index is 2.23. The Bertz CT molecular complexity index is 857. The van der Waals surface area contributed by atoms with Crippen LogP contribution in [0.1, 0.15) is 10.5 Å². The molecule has 0 aliphatic heterocycles. The number of nitrogens with zero attached hydrogens (tertiary/aromatic N) is 2. The van der Waals surface area contributed by atoms with E-state index in [-0.39, 0.29) is 5.69 Å². The van der Waals surface area contributed by atoms with Crippen molar-refractivity contribution in [2.45, 2.75) is 0 Å². The fraction of sp³-hybridized carbons (Fsp3) is 0.0588. The van der Waals surface area contributed by atoms with Crippen LogP contribution in [0.25, 0.3) is 17.1 Å². The normalized spacial score (nSPS) is 10.5. The number of rotatable bonds is 4. The van der Waals surface area contributed by atoms with Crippen LogP contribution in [-0.4, -0.2) is 27.7 Å². The van der Waals surface area contributed by atoms with Crippen LogP contribution in [0.15, 0.2) is 54.7 Å². The molecule has 0 saturated heterocycles. The van der Waals surface area contributed by atoms with E-state index in [4.69, 9.17) is 16.3 Å². The van der Waals surface area contributed by atoms with Gasteiger partial charge < -0.3 is 9.84 Å². The first-order valence-corrected chi connectivity index (χ1v) is 7.20. The summed E-state index contributed by atoms with van der Waals surface area (Å²) >= 11 is 5.92. The summed E-state index contributed by atoms with van der Waals surface area (Å²) < 4.78 is 7.06. The van der Waals surface area contributed by atoms with Gasteiger partial charge in [0.15, 0.2) is 5.69 Å². The van der Waals surface area contributed by atoms with E-state index in [1.165, 1.54) is 6.20 Å². The summed E-state index contributed by atoms with van der Waals surface area (Å²) in [4.78, 5) is 15.5. The summed E-state index contributed by atoms with van der Waals surface area (Å²) in [6.45, 7) is 0. The van der Waals surface area contributed by atoms with Crippen molar-refractivity contribution in [2.75, 3.05) is 7.11 Å². The smallest absolute Gasteiger partial charge is 0.356 e. The molecule has 0 aliphatic carbocycles. The average molecular weight is 329 g/mol. The second kappa shape index (κ2) is 6.14. The number of hydrogen-bond acceptors (Lipinski definition) is 3. The zero-order valence-corrected chi connectivity index (χ0v) is 13.0. The van der Waals surface area contributed by atoms with Gasteiger partial charge in [0.25, 0.3) is 0 Å². The number of para-hydroxylation sites is 2. The molecule has 0 bridgehead atoms. The Kier molecular flexibility index (Phi) is 4.04. The molecule has 3 rings (SSSR count). The minimum absolute atomic E-state index is 0.0409.